The predicted octanol–water partition coefficient (Wildman–Crippen LogP) is 2.65. The molecule has 0 bridgehead atoms. The molecule has 2 rings (SSSR count). The van der Waals surface area contributed by atoms with Crippen molar-refractivity contribution >= 4 is 35.2 Å². The first-order valence-corrected chi connectivity index (χ1v) is 9.10. The average Bonchev–Trinajstić information content (AvgIpc) is 2.73. The summed E-state index contributed by atoms with van der Waals surface area (Å²) in [6.07, 6.45) is 0.141. The van der Waals surface area contributed by atoms with Crippen LogP contribution in [0.5, 0.6) is 5.75 Å². The molecule has 0 aliphatic heterocycles. The highest BCUT2D eigenvalue weighted by molar-refractivity contribution is 6.01. The molecule has 0 fully saturated rings. The van der Waals surface area contributed by atoms with Gasteiger partial charge in [-0.25, -0.2) is 4.79 Å². The van der Waals surface area contributed by atoms with Crippen molar-refractivity contribution < 1.29 is 28.8 Å². The van der Waals surface area contributed by atoms with Crippen LogP contribution < -0.4 is 15.4 Å². The van der Waals surface area contributed by atoms with Gasteiger partial charge in [-0.05, 0) is 24.6 Å². The molecule has 0 aromatic heterocycles. The summed E-state index contributed by atoms with van der Waals surface area (Å²) in [5, 5.41) is 15.8. The van der Waals surface area contributed by atoms with E-state index in [1.807, 2.05) is 0 Å². The number of ether oxygens (including phenoxy) is 2. The maximum absolute atomic E-state index is 12.5. The maximum atomic E-state index is 12.5. The lowest BCUT2D eigenvalue weighted by Crippen LogP contribution is -2.34. The quantitative estimate of drug-likeness (QED) is 0.286. The number of hydrogen-bond donors (Lipinski definition) is 2. The molecule has 0 saturated carbocycles. The number of esters is 1. The summed E-state index contributed by atoms with van der Waals surface area (Å²) in [6, 6.07) is 12.4. The molecule has 162 valence electrons. The van der Waals surface area contributed by atoms with E-state index < -0.39 is 28.8 Å². The standard InChI is InChI=1S/C21H21N3O7/c1-13(20(26)23-17-12-16(24(28)29)9-10-19(17)30-3)31-21(27)18(22-14(2)25)11-15-7-5-4-6-8-15/h4-13H,1-3H3,(H,22,25)(H,23,26)/b18-11-. The van der Waals surface area contributed by atoms with Crippen molar-refractivity contribution in [3.63, 3.8) is 0 Å². The molecule has 2 aromatic rings. The van der Waals surface area contributed by atoms with Crippen LogP contribution in [0.15, 0.2) is 54.2 Å². The number of rotatable bonds is 8. The van der Waals surface area contributed by atoms with Gasteiger partial charge in [0.1, 0.15) is 11.4 Å². The summed E-state index contributed by atoms with van der Waals surface area (Å²) in [4.78, 5) is 46.8. The van der Waals surface area contributed by atoms with Gasteiger partial charge >= 0.3 is 5.97 Å². The number of carbonyl (C=O) groups excluding carboxylic acids is 3. The van der Waals surface area contributed by atoms with Crippen LogP contribution in [0.4, 0.5) is 11.4 Å². The Kier molecular flexibility index (Phi) is 7.84. The number of anilines is 1. The van der Waals surface area contributed by atoms with Crippen molar-refractivity contribution in [2.24, 2.45) is 0 Å². The Hall–Kier alpha value is -4.21. The van der Waals surface area contributed by atoms with E-state index in [2.05, 4.69) is 10.6 Å². The second-order valence-electron chi connectivity index (χ2n) is 6.33. The second kappa shape index (κ2) is 10.5. The maximum Gasteiger partial charge on any atom is 0.355 e. The normalized spacial score (nSPS) is 11.8. The molecule has 10 heteroatoms. The highest BCUT2D eigenvalue weighted by Crippen LogP contribution is 2.29. The minimum absolute atomic E-state index is 0.0477. The second-order valence-corrected chi connectivity index (χ2v) is 6.33. The predicted molar refractivity (Wildman–Crippen MR) is 112 cm³/mol. The Bertz CT molecular complexity index is 1020. The molecule has 31 heavy (non-hydrogen) atoms. The SMILES string of the molecule is COc1ccc([N+](=O)[O-])cc1NC(=O)C(C)OC(=O)/C(=C/c1ccccc1)NC(C)=O. The van der Waals surface area contributed by atoms with Crippen molar-refractivity contribution in [3.8, 4) is 5.75 Å². The molecule has 0 heterocycles. The van der Waals surface area contributed by atoms with Crippen LogP contribution in [0.3, 0.4) is 0 Å². The summed E-state index contributed by atoms with van der Waals surface area (Å²) >= 11 is 0. The third kappa shape index (κ3) is 6.67. The van der Waals surface area contributed by atoms with E-state index in [-0.39, 0.29) is 22.8 Å². The lowest BCUT2D eigenvalue weighted by Gasteiger charge is -2.16. The van der Waals surface area contributed by atoms with Crippen molar-refractivity contribution in [3.05, 3.63) is 69.9 Å². The summed E-state index contributed by atoms with van der Waals surface area (Å²) in [7, 11) is 1.34. The molecule has 2 N–H and O–H groups in total. The lowest BCUT2D eigenvalue weighted by molar-refractivity contribution is -0.384. The number of nitrogens with zero attached hydrogens (tertiary/aromatic N) is 1. The molecule has 0 saturated heterocycles. The van der Waals surface area contributed by atoms with E-state index in [4.69, 9.17) is 9.47 Å². The zero-order chi connectivity index (χ0) is 23.0. The van der Waals surface area contributed by atoms with Crippen LogP contribution >= 0.6 is 0 Å². The molecule has 0 radical (unpaired) electrons. The van der Waals surface area contributed by atoms with Gasteiger partial charge in [0.2, 0.25) is 5.91 Å². The fourth-order valence-corrected chi connectivity index (χ4v) is 2.47. The highest BCUT2D eigenvalue weighted by atomic mass is 16.6. The van der Waals surface area contributed by atoms with E-state index in [9.17, 15) is 24.5 Å². The van der Waals surface area contributed by atoms with Crippen molar-refractivity contribution in [2.75, 3.05) is 12.4 Å². The summed E-state index contributed by atoms with van der Waals surface area (Å²) < 4.78 is 10.3. The number of nitro benzene ring substituents is 1. The molecular weight excluding hydrogens is 406 g/mol. The van der Waals surface area contributed by atoms with Crippen molar-refractivity contribution in [1.29, 1.82) is 0 Å². The third-order valence-electron chi connectivity index (χ3n) is 3.95. The van der Waals surface area contributed by atoms with Crippen molar-refractivity contribution in [2.45, 2.75) is 20.0 Å². The summed E-state index contributed by atoms with van der Waals surface area (Å²) in [6.45, 7) is 2.56. The summed E-state index contributed by atoms with van der Waals surface area (Å²) in [5.41, 5.74) is 0.291. The van der Waals surface area contributed by atoms with E-state index in [1.54, 1.807) is 30.3 Å². The molecule has 0 aliphatic carbocycles. The Balaban J connectivity index is 2.16. The average molecular weight is 427 g/mol. The Morgan fingerprint density at radius 2 is 1.81 bits per heavy atom. The van der Waals surface area contributed by atoms with Gasteiger partial charge in [0.15, 0.2) is 6.10 Å². The van der Waals surface area contributed by atoms with Gasteiger partial charge in [0.25, 0.3) is 11.6 Å². The number of nitrogens with one attached hydrogen (secondary N) is 2. The van der Waals surface area contributed by atoms with Crippen LogP contribution in [-0.4, -0.2) is 35.9 Å². The molecular formula is C21H21N3O7. The van der Waals surface area contributed by atoms with E-state index in [1.165, 1.54) is 39.2 Å². The van der Waals surface area contributed by atoms with E-state index >= 15 is 0 Å². The lowest BCUT2D eigenvalue weighted by atomic mass is 10.2. The molecule has 0 aliphatic rings. The van der Waals surface area contributed by atoms with E-state index in [0.29, 0.717) is 5.56 Å². The Labute approximate surface area is 178 Å². The van der Waals surface area contributed by atoms with Crippen LogP contribution in [-0.2, 0) is 19.1 Å². The van der Waals surface area contributed by atoms with Gasteiger partial charge in [-0.2, -0.15) is 0 Å². The Morgan fingerprint density at radius 3 is 2.39 bits per heavy atom. The number of nitro groups is 1. The topological polar surface area (TPSA) is 137 Å². The zero-order valence-corrected chi connectivity index (χ0v) is 17.1. The van der Waals surface area contributed by atoms with Crippen LogP contribution in [0.1, 0.15) is 19.4 Å². The highest BCUT2D eigenvalue weighted by Gasteiger charge is 2.23. The van der Waals surface area contributed by atoms with Crippen molar-refractivity contribution in [1.82, 2.24) is 5.32 Å². The monoisotopic (exact) mass is 427 g/mol. The molecule has 1 atom stereocenters. The van der Waals surface area contributed by atoms with Gasteiger partial charge in [-0.15, -0.1) is 0 Å². The van der Waals surface area contributed by atoms with Crippen LogP contribution in [0.2, 0.25) is 0 Å². The minimum Gasteiger partial charge on any atom is -0.495 e. The van der Waals surface area contributed by atoms with Gasteiger partial charge in [0, 0.05) is 19.1 Å². The number of hydrogen-bond acceptors (Lipinski definition) is 7. The fourth-order valence-electron chi connectivity index (χ4n) is 2.47. The fraction of sp³-hybridized carbons (Fsp3) is 0.190. The molecule has 10 nitrogen and oxygen atoms in total. The first-order valence-electron chi connectivity index (χ1n) is 9.10. The first-order chi connectivity index (χ1) is 14.7. The summed E-state index contributed by atoms with van der Waals surface area (Å²) in [5.74, 6) is -1.96. The molecule has 1 unspecified atom stereocenters. The molecule has 2 amide bonds. The smallest absolute Gasteiger partial charge is 0.355 e. The van der Waals surface area contributed by atoms with E-state index in [0.717, 1.165) is 6.07 Å². The number of non-ortho nitro benzene ring substituents is 1. The van der Waals surface area contributed by atoms with Gasteiger partial charge in [0.05, 0.1) is 17.7 Å². The van der Waals surface area contributed by atoms with Gasteiger partial charge in [-0.1, -0.05) is 30.3 Å². The number of carbonyl (C=O) groups is 3. The van der Waals surface area contributed by atoms with Crippen LogP contribution in [0, 0.1) is 10.1 Å². The number of amides is 2. The van der Waals surface area contributed by atoms with Gasteiger partial charge < -0.3 is 20.1 Å². The largest absolute Gasteiger partial charge is 0.495 e. The Morgan fingerprint density at radius 1 is 1.13 bits per heavy atom. The minimum atomic E-state index is -1.27. The number of methoxy groups -OCH3 is 1. The van der Waals surface area contributed by atoms with Gasteiger partial charge in [-0.3, -0.25) is 19.7 Å². The van der Waals surface area contributed by atoms with Crippen LogP contribution in [0.25, 0.3) is 6.08 Å². The zero-order valence-electron chi connectivity index (χ0n) is 17.1. The number of benzene rings is 2. The first kappa shape index (κ1) is 23.1. The molecule has 0 spiro atoms. The third-order valence-corrected chi connectivity index (χ3v) is 3.95. The molecule has 2 aromatic carbocycles.